The number of rotatable bonds is 5. The SMILES string of the molecule is COc1ccc(C=C(O)C(=O)Oc2ccccc2)cc1OC. The van der Waals surface area contributed by atoms with Crippen LogP contribution in [-0.4, -0.2) is 25.3 Å². The number of hydrogen-bond acceptors (Lipinski definition) is 5. The van der Waals surface area contributed by atoms with Gasteiger partial charge in [0, 0.05) is 0 Å². The molecule has 0 spiro atoms. The number of hydrogen-bond donors (Lipinski definition) is 1. The second-order valence-electron chi connectivity index (χ2n) is 4.35. The van der Waals surface area contributed by atoms with E-state index in [1.807, 2.05) is 0 Å². The molecule has 0 fully saturated rings. The summed E-state index contributed by atoms with van der Waals surface area (Å²) in [6.07, 6.45) is 1.30. The maximum absolute atomic E-state index is 11.8. The quantitative estimate of drug-likeness (QED) is 0.397. The highest BCUT2D eigenvalue weighted by Crippen LogP contribution is 2.28. The Labute approximate surface area is 128 Å². The van der Waals surface area contributed by atoms with Crippen LogP contribution in [0.4, 0.5) is 0 Å². The van der Waals surface area contributed by atoms with Crippen LogP contribution in [0.3, 0.4) is 0 Å². The van der Waals surface area contributed by atoms with E-state index in [-0.39, 0.29) is 0 Å². The third-order valence-electron chi connectivity index (χ3n) is 2.87. The summed E-state index contributed by atoms with van der Waals surface area (Å²) in [4.78, 5) is 11.8. The molecule has 0 heterocycles. The second kappa shape index (κ2) is 7.17. The fraction of sp³-hybridized carbons (Fsp3) is 0.118. The molecule has 114 valence electrons. The number of benzene rings is 2. The van der Waals surface area contributed by atoms with E-state index in [0.29, 0.717) is 22.8 Å². The maximum Gasteiger partial charge on any atom is 0.378 e. The summed E-state index contributed by atoms with van der Waals surface area (Å²) < 4.78 is 15.3. The van der Waals surface area contributed by atoms with Crippen LogP contribution < -0.4 is 14.2 Å². The van der Waals surface area contributed by atoms with Gasteiger partial charge in [0.25, 0.3) is 0 Å². The van der Waals surface area contributed by atoms with Crippen LogP contribution in [0.15, 0.2) is 54.3 Å². The minimum absolute atomic E-state index is 0.361. The molecule has 5 heteroatoms. The Kier molecular flexibility index (Phi) is 5.03. The van der Waals surface area contributed by atoms with E-state index in [4.69, 9.17) is 14.2 Å². The molecule has 0 amide bonds. The van der Waals surface area contributed by atoms with Crippen molar-refractivity contribution in [3.8, 4) is 17.2 Å². The third kappa shape index (κ3) is 3.79. The lowest BCUT2D eigenvalue weighted by molar-refractivity contribution is -0.132. The van der Waals surface area contributed by atoms with Crippen LogP contribution in [0.5, 0.6) is 17.2 Å². The number of para-hydroxylation sites is 1. The molecule has 0 aliphatic heterocycles. The molecule has 2 rings (SSSR count). The molecule has 1 N–H and O–H groups in total. The Hall–Kier alpha value is -2.95. The molecule has 0 aliphatic carbocycles. The highest BCUT2D eigenvalue weighted by atomic mass is 16.5. The van der Waals surface area contributed by atoms with Gasteiger partial charge < -0.3 is 19.3 Å². The van der Waals surface area contributed by atoms with E-state index in [0.717, 1.165) is 0 Å². The lowest BCUT2D eigenvalue weighted by atomic mass is 10.2. The standard InChI is InChI=1S/C17H16O5/c1-20-15-9-8-12(11-16(15)21-2)10-14(18)17(19)22-13-6-4-3-5-7-13/h3-11,18H,1-2H3. The lowest BCUT2D eigenvalue weighted by Gasteiger charge is -2.08. The Morgan fingerprint density at radius 3 is 2.32 bits per heavy atom. The van der Waals surface area contributed by atoms with Crippen LogP contribution in [-0.2, 0) is 4.79 Å². The zero-order valence-electron chi connectivity index (χ0n) is 12.3. The van der Waals surface area contributed by atoms with Gasteiger partial charge in [-0.1, -0.05) is 24.3 Å². The van der Waals surface area contributed by atoms with Crippen molar-refractivity contribution in [1.29, 1.82) is 0 Å². The molecule has 0 unspecified atom stereocenters. The van der Waals surface area contributed by atoms with Gasteiger partial charge >= 0.3 is 5.97 Å². The number of esters is 1. The van der Waals surface area contributed by atoms with Crippen molar-refractivity contribution in [1.82, 2.24) is 0 Å². The molecule has 0 saturated carbocycles. The van der Waals surface area contributed by atoms with Gasteiger partial charge in [-0.15, -0.1) is 0 Å². The van der Waals surface area contributed by atoms with Gasteiger partial charge in [0.05, 0.1) is 14.2 Å². The molecule has 2 aromatic carbocycles. The normalized spacial score (nSPS) is 10.9. The van der Waals surface area contributed by atoms with Crippen LogP contribution >= 0.6 is 0 Å². The molecule has 5 nitrogen and oxygen atoms in total. The van der Waals surface area contributed by atoms with Crippen molar-refractivity contribution >= 4 is 12.0 Å². The summed E-state index contributed by atoms with van der Waals surface area (Å²) in [6, 6.07) is 13.5. The first-order valence-corrected chi connectivity index (χ1v) is 6.54. The predicted molar refractivity (Wildman–Crippen MR) is 82.2 cm³/mol. The average Bonchev–Trinajstić information content (AvgIpc) is 2.55. The smallest absolute Gasteiger partial charge is 0.378 e. The number of aliphatic hydroxyl groups is 1. The van der Waals surface area contributed by atoms with Crippen LogP contribution in [0, 0.1) is 0 Å². The molecule has 0 saturated heterocycles. The van der Waals surface area contributed by atoms with Crippen molar-refractivity contribution in [2.75, 3.05) is 14.2 Å². The van der Waals surface area contributed by atoms with Crippen LogP contribution in [0.25, 0.3) is 6.08 Å². The van der Waals surface area contributed by atoms with Gasteiger partial charge in [-0.25, -0.2) is 4.79 Å². The highest BCUT2D eigenvalue weighted by Gasteiger charge is 2.11. The van der Waals surface area contributed by atoms with Crippen molar-refractivity contribution in [3.63, 3.8) is 0 Å². The molecule has 0 aromatic heterocycles. The molecule has 0 radical (unpaired) electrons. The fourth-order valence-electron chi connectivity index (χ4n) is 1.81. The average molecular weight is 300 g/mol. The van der Waals surface area contributed by atoms with E-state index in [1.54, 1.807) is 48.5 Å². The zero-order chi connectivity index (χ0) is 15.9. The molecule has 22 heavy (non-hydrogen) atoms. The molecule has 2 aromatic rings. The minimum atomic E-state index is -0.832. The summed E-state index contributed by atoms with van der Waals surface area (Å²) in [5.74, 6) is 0.0864. The second-order valence-corrected chi connectivity index (χ2v) is 4.35. The van der Waals surface area contributed by atoms with Crippen molar-refractivity contribution in [3.05, 3.63) is 59.9 Å². The Morgan fingerprint density at radius 2 is 1.68 bits per heavy atom. The molecular weight excluding hydrogens is 284 g/mol. The maximum atomic E-state index is 11.8. The third-order valence-corrected chi connectivity index (χ3v) is 2.87. The van der Waals surface area contributed by atoms with E-state index < -0.39 is 11.7 Å². The van der Waals surface area contributed by atoms with E-state index in [2.05, 4.69) is 0 Å². The topological polar surface area (TPSA) is 65.0 Å². The molecule has 0 atom stereocenters. The van der Waals surface area contributed by atoms with Crippen LogP contribution in [0.1, 0.15) is 5.56 Å². The number of methoxy groups -OCH3 is 2. The van der Waals surface area contributed by atoms with E-state index in [1.165, 1.54) is 20.3 Å². The first-order valence-electron chi connectivity index (χ1n) is 6.54. The van der Waals surface area contributed by atoms with Crippen LogP contribution in [0.2, 0.25) is 0 Å². The number of ether oxygens (including phenoxy) is 3. The number of carbonyl (C=O) groups excluding carboxylic acids is 1. The predicted octanol–water partition coefficient (Wildman–Crippen LogP) is 3.21. The van der Waals surface area contributed by atoms with Gasteiger partial charge in [-0.3, -0.25) is 0 Å². The largest absolute Gasteiger partial charge is 0.502 e. The first-order chi connectivity index (χ1) is 10.6. The molecule has 0 aliphatic rings. The molecular formula is C17H16O5. The van der Waals surface area contributed by atoms with Gasteiger partial charge in [-0.2, -0.15) is 0 Å². The summed E-state index contributed by atoms with van der Waals surface area (Å²) in [5, 5.41) is 9.84. The monoisotopic (exact) mass is 300 g/mol. The Morgan fingerprint density at radius 1 is 1.00 bits per heavy atom. The van der Waals surface area contributed by atoms with Crippen molar-refractivity contribution in [2.24, 2.45) is 0 Å². The van der Waals surface area contributed by atoms with Gasteiger partial charge in [0.1, 0.15) is 5.75 Å². The summed E-state index contributed by atoms with van der Waals surface area (Å²) >= 11 is 0. The van der Waals surface area contributed by atoms with Gasteiger partial charge in [-0.05, 0) is 35.9 Å². The Bertz CT molecular complexity index is 677. The summed E-state index contributed by atoms with van der Waals surface area (Å²) in [6.45, 7) is 0. The van der Waals surface area contributed by atoms with E-state index >= 15 is 0 Å². The minimum Gasteiger partial charge on any atom is -0.502 e. The number of carbonyl (C=O) groups is 1. The summed E-state index contributed by atoms with van der Waals surface area (Å²) in [5.41, 5.74) is 0.583. The fourth-order valence-corrected chi connectivity index (χ4v) is 1.81. The highest BCUT2D eigenvalue weighted by molar-refractivity contribution is 5.92. The molecule has 0 bridgehead atoms. The van der Waals surface area contributed by atoms with Crippen molar-refractivity contribution in [2.45, 2.75) is 0 Å². The first kappa shape index (κ1) is 15.4. The Balaban J connectivity index is 2.16. The number of aliphatic hydroxyl groups excluding tert-OH is 1. The summed E-state index contributed by atoms with van der Waals surface area (Å²) in [7, 11) is 3.04. The lowest BCUT2D eigenvalue weighted by Crippen LogP contribution is -2.10. The van der Waals surface area contributed by atoms with Gasteiger partial charge in [0.2, 0.25) is 5.76 Å². The van der Waals surface area contributed by atoms with Crippen molar-refractivity contribution < 1.29 is 24.1 Å². The zero-order valence-corrected chi connectivity index (χ0v) is 12.3. The van der Waals surface area contributed by atoms with Gasteiger partial charge in [0.15, 0.2) is 11.5 Å². The van der Waals surface area contributed by atoms with E-state index in [9.17, 15) is 9.90 Å².